The molecule has 5 nitrogen and oxygen atoms in total. The van der Waals surface area contributed by atoms with Crippen LogP contribution in [0.25, 0.3) is 11.0 Å². The molecule has 1 aromatic carbocycles. The third-order valence-corrected chi connectivity index (χ3v) is 4.45. The van der Waals surface area contributed by atoms with Gasteiger partial charge in [-0.25, -0.2) is 4.39 Å². The standard InChI is InChI=1S/C18H20FN5/c1-11-5-6-13(19)10-15(11)21-17-14-9-12(2)20-16(14)22-18(23-17)24-7-3-4-8-24/h5-6,9-10H,3-4,7-8H2,1-2H3,(H2,20,21,22,23). The van der Waals surface area contributed by atoms with Gasteiger partial charge in [0.25, 0.3) is 0 Å². The van der Waals surface area contributed by atoms with Gasteiger partial charge in [0.15, 0.2) is 0 Å². The number of hydrogen-bond acceptors (Lipinski definition) is 4. The third kappa shape index (κ3) is 2.68. The fourth-order valence-corrected chi connectivity index (χ4v) is 3.14. The van der Waals surface area contributed by atoms with Crippen molar-refractivity contribution in [3.8, 4) is 0 Å². The van der Waals surface area contributed by atoms with Crippen molar-refractivity contribution < 1.29 is 4.39 Å². The van der Waals surface area contributed by atoms with Gasteiger partial charge in [0, 0.05) is 24.5 Å². The van der Waals surface area contributed by atoms with Gasteiger partial charge in [0.05, 0.1) is 5.39 Å². The number of benzene rings is 1. The molecule has 2 N–H and O–H groups in total. The number of halogens is 1. The predicted octanol–water partition coefficient (Wildman–Crippen LogP) is 4.06. The van der Waals surface area contributed by atoms with Crippen molar-refractivity contribution in [1.82, 2.24) is 15.0 Å². The summed E-state index contributed by atoms with van der Waals surface area (Å²) in [6.07, 6.45) is 2.33. The molecule has 24 heavy (non-hydrogen) atoms. The van der Waals surface area contributed by atoms with Crippen LogP contribution in [0.3, 0.4) is 0 Å². The van der Waals surface area contributed by atoms with E-state index in [4.69, 9.17) is 4.98 Å². The van der Waals surface area contributed by atoms with Crippen molar-refractivity contribution in [2.24, 2.45) is 0 Å². The van der Waals surface area contributed by atoms with Crippen LogP contribution in [0.1, 0.15) is 24.1 Å². The van der Waals surface area contributed by atoms with E-state index in [0.29, 0.717) is 5.82 Å². The van der Waals surface area contributed by atoms with Crippen LogP contribution in [-0.4, -0.2) is 28.0 Å². The fraction of sp³-hybridized carbons (Fsp3) is 0.333. The molecular formula is C18H20FN5. The lowest BCUT2D eigenvalue weighted by Crippen LogP contribution is -2.20. The molecule has 1 saturated heterocycles. The maximum atomic E-state index is 13.6. The zero-order valence-corrected chi connectivity index (χ0v) is 13.9. The summed E-state index contributed by atoms with van der Waals surface area (Å²) < 4.78 is 13.6. The first-order chi connectivity index (χ1) is 11.6. The number of nitrogens with zero attached hydrogens (tertiary/aromatic N) is 3. The van der Waals surface area contributed by atoms with E-state index in [2.05, 4.69) is 20.2 Å². The van der Waals surface area contributed by atoms with Crippen LogP contribution >= 0.6 is 0 Å². The van der Waals surface area contributed by atoms with Crippen LogP contribution in [0.15, 0.2) is 24.3 Å². The van der Waals surface area contributed by atoms with Gasteiger partial charge in [0.1, 0.15) is 17.3 Å². The highest BCUT2D eigenvalue weighted by Crippen LogP contribution is 2.29. The number of rotatable bonds is 3. The second kappa shape index (κ2) is 5.78. The summed E-state index contributed by atoms with van der Waals surface area (Å²) in [7, 11) is 0. The number of aromatic amines is 1. The summed E-state index contributed by atoms with van der Waals surface area (Å²) in [4.78, 5) is 14.9. The first-order valence-electron chi connectivity index (χ1n) is 8.25. The lowest BCUT2D eigenvalue weighted by molar-refractivity contribution is 0.628. The third-order valence-electron chi connectivity index (χ3n) is 4.45. The molecule has 1 fully saturated rings. The first kappa shape index (κ1) is 14.9. The number of anilines is 3. The number of aryl methyl sites for hydroxylation is 2. The van der Waals surface area contributed by atoms with Gasteiger partial charge in [-0.05, 0) is 50.5 Å². The Morgan fingerprint density at radius 2 is 1.92 bits per heavy atom. The molecule has 0 saturated carbocycles. The van der Waals surface area contributed by atoms with Gasteiger partial charge < -0.3 is 15.2 Å². The van der Waals surface area contributed by atoms with Crippen LogP contribution in [0.5, 0.6) is 0 Å². The maximum absolute atomic E-state index is 13.6. The van der Waals surface area contributed by atoms with E-state index in [-0.39, 0.29) is 5.82 Å². The molecule has 0 unspecified atom stereocenters. The molecule has 0 spiro atoms. The van der Waals surface area contributed by atoms with Crippen molar-refractivity contribution >= 4 is 28.5 Å². The molecule has 0 amide bonds. The average Bonchev–Trinajstić information content (AvgIpc) is 3.19. The minimum atomic E-state index is -0.265. The van der Waals surface area contributed by atoms with Gasteiger partial charge in [0.2, 0.25) is 5.95 Å². The summed E-state index contributed by atoms with van der Waals surface area (Å²) in [6.45, 7) is 5.89. The SMILES string of the molecule is Cc1cc2c(Nc3cc(F)ccc3C)nc(N3CCCC3)nc2[nH]1. The molecule has 2 aromatic heterocycles. The topological polar surface area (TPSA) is 56.8 Å². The van der Waals surface area contributed by atoms with Crippen molar-refractivity contribution in [1.29, 1.82) is 0 Å². The van der Waals surface area contributed by atoms with Gasteiger partial charge in [-0.3, -0.25) is 0 Å². The lowest BCUT2D eigenvalue weighted by atomic mass is 10.2. The summed E-state index contributed by atoms with van der Waals surface area (Å²) >= 11 is 0. The number of nitrogens with one attached hydrogen (secondary N) is 2. The summed E-state index contributed by atoms with van der Waals surface area (Å²) in [5.74, 6) is 1.16. The Morgan fingerprint density at radius 1 is 1.12 bits per heavy atom. The molecule has 1 aliphatic heterocycles. The Hall–Kier alpha value is -2.63. The van der Waals surface area contributed by atoms with Crippen molar-refractivity contribution in [3.63, 3.8) is 0 Å². The Balaban J connectivity index is 1.81. The number of aromatic nitrogens is 3. The van der Waals surface area contributed by atoms with Crippen molar-refractivity contribution in [2.75, 3.05) is 23.3 Å². The molecule has 6 heteroatoms. The second-order valence-corrected chi connectivity index (χ2v) is 6.37. The van der Waals surface area contributed by atoms with Gasteiger partial charge in [-0.15, -0.1) is 0 Å². The second-order valence-electron chi connectivity index (χ2n) is 6.37. The summed E-state index contributed by atoms with van der Waals surface area (Å²) in [5.41, 5.74) is 3.53. The maximum Gasteiger partial charge on any atom is 0.229 e. The van der Waals surface area contributed by atoms with Crippen LogP contribution in [0, 0.1) is 19.7 Å². The van der Waals surface area contributed by atoms with Gasteiger partial charge in [-0.1, -0.05) is 6.07 Å². The van der Waals surface area contributed by atoms with Crippen molar-refractivity contribution in [2.45, 2.75) is 26.7 Å². The summed E-state index contributed by atoms with van der Waals surface area (Å²) in [6, 6.07) is 6.74. The van der Waals surface area contributed by atoms with Crippen LogP contribution in [0.2, 0.25) is 0 Å². The van der Waals surface area contributed by atoms with E-state index < -0.39 is 0 Å². The highest BCUT2D eigenvalue weighted by Gasteiger charge is 2.18. The Kier molecular flexibility index (Phi) is 3.59. The molecule has 0 aliphatic carbocycles. The van der Waals surface area contributed by atoms with Crippen LogP contribution in [0.4, 0.5) is 21.8 Å². The number of fused-ring (bicyclic) bond motifs is 1. The highest BCUT2D eigenvalue weighted by atomic mass is 19.1. The van der Waals surface area contributed by atoms with E-state index in [9.17, 15) is 4.39 Å². The molecule has 0 radical (unpaired) electrons. The molecule has 3 heterocycles. The molecule has 0 bridgehead atoms. The Bertz CT molecular complexity index is 896. The number of hydrogen-bond donors (Lipinski definition) is 2. The van der Waals surface area contributed by atoms with Crippen LogP contribution in [-0.2, 0) is 0 Å². The molecule has 3 aromatic rings. The molecule has 124 valence electrons. The molecular weight excluding hydrogens is 305 g/mol. The molecule has 4 rings (SSSR count). The first-order valence-corrected chi connectivity index (χ1v) is 8.25. The smallest absolute Gasteiger partial charge is 0.229 e. The van der Waals surface area contributed by atoms with E-state index in [0.717, 1.165) is 59.9 Å². The highest BCUT2D eigenvalue weighted by molar-refractivity contribution is 5.91. The van der Waals surface area contributed by atoms with Gasteiger partial charge >= 0.3 is 0 Å². The monoisotopic (exact) mass is 325 g/mol. The summed E-state index contributed by atoms with van der Waals surface area (Å²) in [5, 5.41) is 4.21. The minimum absolute atomic E-state index is 0.265. The van der Waals surface area contributed by atoms with E-state index in [1.54, 1.807) is 6.07 Å². The van der Waals surface area contributed by atoms with E-state index in [1.165, 1.54) is 12.1 Å². The Morgan fingerprint density at radius 3 is 2.71 bits per heavy atom. The van der Waals surface area contributed by atoms with E-state index in [1.807, 2.05) is 19.9 Å². The fourth-order valence-electron chi connectivity index (χ4n) is 3.14. The molecule has 1 aliphatic rings. The molecule has 0 atom stereocenters. The minimum Gasteiger partial charge on any atom is -0.343 e. The average molecular weight is 325 g/mol. The van der Waals surface area contributed by atoms with Gasteiger partial charge in [-0.2, -0.15) is 9.97 Å². The normalized spacial score (nSPS) is 14.5. The zero-order chi connectivity index (χ0) is 16.7. The van der Waals surface area contributed by atoms with E-state index >= 15 is 0 Å². The lowest BCUT2D eigenvalue weighted by Gasteiger charge is -2.17. The quantitative estimate of drug-likeness (QED) is 0.762. The Labute approximate surface area is 139 Å². The zero-order valence-electron chi connectivity index (χ0n) is 13.9. The van der Waals surface area contributed by atoms with Crippen molar-refractivity contribution in [3.05, 3.63) is 41.3 Å². The van der Waals surface area contributed by atoms with Crippen LogP contribution < -0.4 is 10.2 Å². The predicted molar refractivity (Wildman–Crippen MR) is 94.5 cm³/mol. The number of H-pyrrole nitrogens is 1. The largest absolute Gasteiger partial charge is 0.343 e.